The fourth-order valence-corrected chi connectivity index (χ4v) is 4.51. The molecule has 0 unspecified atom stereocenters. The molecule has 0 saturated heterocycles. The first-order valence-electron chi connectivity index (χ1n) is 9.59. The smallest absolute Gasteiger partial charge is 0.216 e. The Labute approximate surface area is 171 Å². The zero-order valence-electron chi connectivity index (χ0n) is 17.5. The van der Waals surface area contributed by atoms with Gasteiger partial charge >= 0.3 is 0 Å². The highest BCUT2D eigenvalue weighted by Gasteiger charge is 2.22. The van der Waals surface area contributed by atoms with Gasteiger partial charge in [0, 0.05) is 18.0 Å². The number of nitrogens with one attached hydrogen (secondary N) is 2. The van der Waals surface area contributed by atoms with Gasteiger partial charge in [0.25, 0.3) is 0 Å². The van der Waals surface area contributed by atoms with Gasteiger partial charge in [-0.1, -0.05) is 45.0 Å². The first kappa shape index (κ1) is 21.2. The summed E-state index contributed by atoms with van der Waals surface area (Å²) in [6, 6.07) is 11.1. The number of sulfonamides is 1. The molecule has 8 nitrogen and oxygen atoms in total. The van der Waals surface area contributed by atoms with Gasteiger partial charge in [-0.05, 0) is 37.1 Å². The SMILES string of the molecule is CC(C)NS(=O)(=O)Cc1ccccc1CNc1ccc2nnc(C(C)(C)C)n2n1. The maximum Gasteiger partial charge on any atom is 0.216 e. The molecule has 2 aromatic heterocycles. The Bertz CT molecular complexity index is 1100. The average molecular weight is 417 g/mol. The van der Waals surface area contributed by atoms with Crippen molar-refractivity contribution in [1.82, 2.24) is 24.5 Å². The van der Waals surface area contributed by atoms with Crippen molar-refractivity contribution in [1.29, 1.82) is 0 Å². The third-order valence-corrected chi connectivity index (χ3v) is 5.79. The Hall–Kier alpha value is -2.52. The van der Waals surface area contributed by atoms with Crippen LogP contribution >= 0.6 is 0 Å². The number of hydrogen-bond donors (Lipinski definition) is 2. The van der Waals surface area contributed by atoms with Crippen LogP contribution in [-0.4, -0.2) is 34.3 Å². The topological polar surface area (TPSA) is 101 Å². The van der Waals surface area contributed by atoms with E-state index in [1.54, 1.807) is 4.52 Å². The molecular weight excluding hydrogens is 388 g/mol. The van der Waals surface area contributed by atoms with Crippen LogP contribution in [0.3, 0.4) is 0 Å². The van der Waals surface area contributed by atoms with E-state index in [0.717, 1.165) is 17.0 Å². The molecule has 0 fully saturated rings. The first-order valence-corrected chi connectivity index (χ1v) is 11.2. The van der Waals surface area contributed by atoms with E-state index in [1.807, 2.05) is 50.2 Å². The lowest BCUT2D eigenvalue weighted by Crippen LogP contribution is -2.31. The minimum absolute atomic E-state index is 0.0604. The quantitative estimate of drug-likeness (QED) is 0.614. The second-order valence-electron chi connectivity index (χ2n) is 8.42. The number of nitrogens with zero attached hydrogens (tertiary/aromatic N) is 4. The molecule has 0 saturated carbocycles. The molecule has 0 bridgehead atoms. The van der Waals surface area contributed by atoms with Crippen molar-refractivity contribution >= 4 is 21.5 Å². The van der Waals surface area contributed by atoms with Gasteiger partial charge in [-0.25, -0.2) is 13.1 Å². The van der Waals surface area contributed by atoms with Crippen LogP contribution in [0.4, 0.5) is 5.82 Å². The van der Waals surface area contributed by atoms with Crippen LogP contribution in [0.1, 0.15) is 51.6 Å². The van der Waals surface area contributed by atoms with Crippen LogP contribution in [-0.2, 0) is 27.7 Å². The highest BCUT2D eigenvalue weighted by atomic mass is 32.2. The van der Waals surface area contributed by atoms with Gasteiger partial charge in [-0.3, -0.25) is 0 Å². The summed E-state index contributed by atoms with van der Waals surface area (Å²) in [4.78, 5) is 0. The summed E-state index contributed by atoms with van der Waals surface area (Å²) in [6.45, 7) is 10.3. The average Bonchev–Trinajstić information content (AvgIpc) is 3.03. The summed E-state index contributed by atoms with van der Waals surface area (Å²) >= 11 is 0. The van der Waals surface area contributed by atoms with Crippen molar-refractivity contribution in [2.24, 2.45) is 0 Å². The number of fused-ring (bicyclic) bond motifs is 1. The van der Waals surface area contributed by atoms with E-state index in [9.17, 15) is 8.42 Å². The van der Waals surface area contributed by atoms with E-state index in [1.165, 1.54) is 0 Å². The van der Waals surface area contributed by atoms with Crippen molar-refractivity contribution in [2.75, 3.05) is 5.32 Å². The molecular formula is C20H28N6O2S. The molecule has 156 valence electrons. The fourth-order valence-electron chi connectivity index (χ4n) is 3.01. The lowest BCUT2D eigenvalue weighted by Gasteiger charge is -2.16. The van der Waals surface area contributed by atoms with Gasteiger partial charge in [0.15, 0.2) is 11.5 Å². The third kappa shape index (κ3) is 5.30. The Morgan fingerprint density at radius 2 is 1.72 bits per heavy atom. The molecule has 0 atom stereocenters. The molecule has 29 heavy (non-hydrogen) atoms. The number of aromatic nitrogens is 4. The molecule has 0 amide bonds. The van der Waals surface area contributed by atoms with Crippen LogP contribution in [0, 0.1) is 0 Å². The van der Waals surface area contributed by atoms with Crippen molar-refractivity contribution in [3.63, 3.8) is 0 Å². The molecule has 0 aliphatic rings. The van der Waals surface area contributed by atoms with Gasteiger partial charge < -0.3 is 5.32 Å². The Morgan fingerprint density at radius 1 is 1.03 bits per heavy atom. The van der Waals surface area contributed by atoms with Crippen LogP contribution < -0.4 is 10.0 Å². The second-order valence-corrected chi connectivity index (χ2v) is 10.2. The molecule has 0 aliphatic carbocycles. The third-order valence-electron chi connectivity index (χ3n) is 4.27. The number of anilines is 1. The summed E-state index contributed by atoms with van der Waals surface area (Å²) in [5, 5.41) is 16.3. The van der Waals surface area contributed by atoms with E-state index in [0.29, 0.717) is 18.0 Å². The number of rotatable bonds is 7. The van der Waals surface area contributed by atoms with E-state index < -0.39 is 10.0 Å². The highest BCUT2D eigenvalue weighted by molar-refractivity contribution is 7.88. The highest BCUT2D eigenvalue weighted by Crippen LogP contribution is 2.21. The van der Waals surface area contributed by atoms with Gasteiger partial charge in [0.2, 0.25) is 10.0 Å². The van der Waals surface area contributed by atoms with E-state index in [-0.39, 0.29) is 17.2 Å². The fraction of sp³-hybridized carbons (Fsp3) is 0.450. The Morgan fingerprint density at radius 3 is 2.38 bits per heavy atom. The molecule has 2 heterocycles. The Kier molecular flexibility index (Phi) is 5.90. The first-order chi connectivity index (χ1) is 13.5. The Balaban J connectivity index is 1.80. The zero-order chi connectivity index (χ0) is 21.2. The maximum absolute atomic E-state index is 12.3. The molecule has 2 N–H and O–H groups in total. The molecule has 3 aromatic rings. The monoisotopic (exact) mass is 416 g/mol. The van der Waals surface area contributed by atoms with E-state index >= 15 is 0 Å². The van der Waals surface area contributed by atoms with E-state index in [4.69, 9.17) is 0 Å². The van der Waals surface area contributed by atoms with Crippen LogP contribution in [0.25, 0.3) is 5.65 Å². The molecule has 3 rings (SSSR count). The van der Waals surface area contributed by atoms with Gasteiger partial charge in [-0.15, -0.1) is 15.3 Å². The summed E-state index contributed by atoms with van der Waals surface area (Å²) in [6.07, 6.45) is 0. The molecule has 1 aromatic carbocycles. The number of hydrogen-bond acceptors (Lipinski definition) is 6. The van der Waals surface area contributed by atoms with Gasteiger partial charge in [0.1, 0.15) is 5.82 Å². The minimum Gasteiger partial charge on any atom is -0.365 e. The number of benzene rings is 1. The summed E-state index contributed by atoms with van der Waals surface area (Å²) in [5.41, 5.74) is 2.17. The van der Waals surface area contributed by atoms with Crippen LogP contribution in [0.2, 0.25) is 0 Å². The van der Waals surface area contributed by atoms with Crippen molar-refractivity contribution in [2.45, 2.75) is 58.4 Å². The predicted octanol–water partition coefficient (Wildman–Crippen LogP) is 2.86. The minimum atomic E-state index is -3.40. The largest absolute Gasteiger partial charge is 0.365 e. The lowest BCUT2D eigenvalue weighted by molar-refractivity contribution is 0.527. The molecule has 0 spiro atoms. The molecule has 0 aliphatic heterocycles. The van der Waals surface area contributed by atoms with Crippen LogP contribution in [0.5, 0.6) is 0 Å². The van der Waals surface area contributed by atoms with Gasteiger partial charge in [-0.2, -0.15) is 4.52 Å². The van der Waals surface area contributed by atoms with Crippen molar-refractivity contribution in [3.05, 3.63) is 53.3 Å². The maximum atomic E-state index is 12.3. The van der Waals surface area contributed by atoms with Gasteiger partial charge in [0.05, 0.1) is 5.75 Å². The summed E-state index contributed by atoms with van der Waals surface area (Å²) < 4.78 is 29.0. The van der Waals surface area contributed by atoms with Crippen molar-refractivity contribution < 1.29 is 8.42 Å². The molecule has 9 heteroatoms. The van der Waals surface area contributed by atoms with Crippen LogP contribution in [0.15, 0.2) is 36.4 Å². The summed E-state index contributed by atoms with van der Waals surface area (Å²) in [7, 11) is -3.40. The molecule has 0 radical (unpaired) electrons. The second kappa shape index (κ2) is 8.08. The standard InChI is InChI=1S/C20H28N6O2S/c1-14(2)25-29(27,28)13-16-9-7-6-8-15(16)12-21-17-10-11-18-22-23-19(20(3,4)5)26(18)24-17/h6-11,14,25H,12-13H2,1-5H3,(H,21,24). The lowest BCUT2D eigenvalue weighted by atomic mass is 9.96. The zero-order valence-corrected chi connectivity index (χ0v) is 18.3. The normalized spacial score (nSPS) is 12.6. The predicted molar refractivity (Wildman–Crippen MR) is 114 cm³/mol. The summed E-state index contributed by atoms with van der Waals surface area (Å²) in [5.74, 6) is 1.39. The van der Waals surface area contributed by atoms with E-state index in [2.05, 4.69) is 46.1 Å². The van der Waals surface area contributed by atoms with Crippen molar-refractivity contribution in [3.8, 4) is 0 Å².